The van der Waals surface area contributed by atoms with Crippen molar-refractivity contribution in [2.24, 2.45) is 0 Å². The van der Waals surface area contributed by atoms with Crippen LogP contribution in [0, 0.1) is 0 Å². The van der Waals surface area contributed by atoms with Gasteiger partial charge in [0.15, 0.2) is 16.5 Å². The number of rotatable bonds is 4. The summed E-state index contributed by atoms with van der Waals surface area (Å²) in [5, 5.41) is 2.02. The predicted molar refractivity (Wildman–Crippen MR) is 72.7 cm³/mol. The summed E-state index contributed by atoms with van der Waals surface area (Å²) in [6, 6.07) is 4.71. The second-order valence-corrected chi connectivity index (χ2v) is 5.08. The third-order valence-electron chi connectivity index (χ3n) is 2.95. The molecule has 0 atom stereocenters. The van der Waals surface area contributed by atoms with E-state index in [2.05, 4.69) is 4.98 Å². The average molecular weight is 289 g/mol. The number of thiazole rings is 1. The number of aromatic nitrogens is 1. The maximum Gasteiger partial charge on any atom is 0.261 e. The standard InChI is InChI=1S/C14H11NO4S/c1-2-9-6-20-14(15-9)13(17)12(16)8-3-4-10-11(5-8)19-7-18-10/h3-6H,2,7H2,1H3. The Balaban J connectivity index is 1.86. The summed E-state index contributed by atoms with van der Waals surface area (Å²) in [6.45, 7) is 2.08. The van der Waals surface area contributed by atoms with Crippen molar-refractivity contribution < 1.29 is 19.1 Å². The fourth-order valence-corrected chi connectivity index (χ4v) is 2.68. The molecule has 2 aromatic rings. The van der Waals surface area contributed by atoms with E-state index in [9.17, 15) is 9.59 Å². The smallest absolute Gasteiger partial charge is 0.261 e. The van der Waals surface area contributed by atoms with Gasteiger partial charge in [-0.05, 0) is 24.6 Å². The van der Waals surface area contributed by atoms with Crippen molar-refractivity contribution in [3.05, 3.63) is 39.8 Å². The lowest BCUT2D eigenvalue weighted by Crippen LogP contribution is -2.14. The molecule has 0 aliphatic carbocycles. The number of benzene rings is 1. The normalized spacial score (nSPS) is 12.4. The molecule has 0 bridgehead atoms. The van der Waals surface area contributed by atoms with E-state index in [0.717, 1.165) is 12.1 Å². The molecule has 5 nitrogen and oxygen atoms in total. The van der Waals surface area contributed by atoms with Crippen molar-refractivity contribution in [3.63, 3.8) is 0 Å². The molecular weight excluding hydrogens is 278 g/mol. The van der Waals surface area contributed by atoms with Crippen LogP contribution in [-0.2, 0) is 6.42 Å². The molecule has 1 aromatic heterocycles. The van der Waals surface area contributed by atoms with Crippen LogP contribution in [0.25, 0.3) is 0 Å². The number of carbonyl (C=O) groups is 2. The lowest BCUT2D eigenvalue weighted by molar-refractivity contribution is 0.0816. The molecule has 1 aliphatic rings. The first kappa shape index (κ1) is 12.8. The van der Waals surface area contributed by atoms with Crippen molar-refractivity contribution in [2.45, 2.75) is 13.3 Å². The van der Waals surface area contributed by atoms with Crippen LogP contribution in [0.15, 0.2) is 23.6 Å². The molecule has 0 spiro atoms. The van der Waals surface area contributed by atoms with Gasteiger partial charge >= 0.3 is 0 Å². The van der Waals surface area contributed by atoms with E-state index in [1.807, 2.05) is 6.92 Å². The maximum absolute atomic E-state index is 12.2. The van der Waals surface area contributed by atoms with Crippen LogP contribution < -0.4 is 9.47 Å². The van der Waals surface area contributed by atoms with E-state index in [1.165, 1.54) is 17.4 Å². The summed E-state index contributed by atoms with van der Waals surface area (Å²) in [6.07, 6.45) is 0.738. The molecule has 0 saturated carbocycles. The second-order valence-electron chi connectivity index (χ2n) is 4.22. The highest BCUT2D eigenvalue weighted by Gasteiger charge is 2.24. The molecule has 6 heteroatoms. The van der Waals surface area contributed by atoms with Gasteiger partial charge in [0.25, 0.3) is 5.78 Å². The first-order chi connectivity index (χ1) is 9.69. The largest absolute Gasteiger partial charge is 0.454 e. The number of carbonyl (C=O) groups excluding carboxylic acids is 2. The minimum absolute atomic E-state index is 0.132. The highest BCUT2D eigenvalue weighted by molar-refractivity contribution is 7.12. The Kier molecular flexibility index (Phi) is 3.23. The molecule has 0 unspecified atom stereocenters. The monoisotopic (exact) mass is 289 g/mol. The van der Waals surface area contributed by atoms with Crippen LogP contribution in [-0.4, -0.2) is 23.3 Å². The minimum Gasteiger partial charge on any atom is -0.454 e. The van der Waals surface area contributed by atoms with E-state index in [4.69, 9.17) is 9.47 Å². The van der Waals surface area contributed by atoms with Gasteiger partial charge in [0.2, 0.25) is 12.6 Å². The lowest BCUT2D eigenvalue weighted by atomic mass is 10.1. The summed E-state index contributed by atoms with van der Waals surface area (Å²) in [7, 11) is 0. The molecule has 0 amide bonds. The molecule has 0 fully saturated rings. The van der Waals surface area contributed by atoms with E-state index in [1.54, 1.807) is 17.5 Å². The molecule has 0 radical (unpaired) electrons. The van der Waals surface area contributed by atoms with E-state index in [0.29, 0.717) is 11.5 Å². The van der Waals surface area contributed by atoms with Gasteiger partial charge in [0.05, 0.1) is 5.69 Å². The topological polar surface area (TPSA) is 65.5 Å². The predicted octanol–water partition coefficient (Wildman–Crippen LogP) is 2.50. The zero-order valence-electron chi connectivity index (χ0n) is 10.7. The van der Waals surface area contributed by atoms with Gasteiger partial charge in [-0.3, -0.25) is 9.59 Å². The number of ketones is 2. The molecule has 1 aromatic carbocycles. The number of hydrogen-bond acceptors (Lipinski definition) is 6. The first-order valence-electron chi connectivity index (χ1n) is 6.12. The number of fused-ring (bicyclic) bond motifs is 1. The Bertz CT molecular complexity index is 692. The SMILES string of the molecule is CCc1csc(C(=O)C(=O)c2ccc3c(c2)OCO3)n1. The fraction of sp³-hybridized carbons (Fsp3) is 0.214. The number of aryl methyl sites for hydroxylation is 1. The van der Waals surface area contributed by atoms with Gasteiger partial charge in [0, 0.05) is 10.9 Å². The van der Waals surface area contributed by atoms with Crippen LogP contribution in [0.5, 0.6) is 11.5 Å². The fourth-order valence-electron chi connectivity index (χ4n) is 1.84. The molecule has 2 heterocycles. The van der Waals surface area contributed by atoms with E-state index >= 15 is 0 Å². The number of nitrogens with zero attached hydrogens (tertiary/aromatic N) is 1. The molecule has 1 aliphatic heterocycles. The summed E-state index contributed by atoms with van der Waals surface area (Å²) in [5.74, 6) is -0.109. The van der Waals surface area contributed by atoms with E-state index in [-0.39, 0.29) is 17.4 Å². The highest BCUT2D eigenvalue weighted by atomic mass is 32.1. The van der Waals surface area contributed by atoms with Crippen molar-refractivity contribution in [2.75, 3.05) is 6.79 Å². The molecule has 20 heavy (non-hydrogen) atoms. The Morgan fingerprint density at radius 1 is 1.25 bits per heavy atom. The van der Waals surface area contributed by atoms with Gasteiger partial charge in [-0.1, -0.05) is 6.92 Å². The third-order valence-corrected chi connectivity index (χ3v) is 3.84. The van der Waals surface area contributed by atoms with Crippen molar-refractivity contribution in [1.29, 1.82) is 0 Å². The Morgan fingerprint density at radius 2 is 2.05 bits per heavy atom. The van der Waals surface area contributed by atoms with Crippen LogP contribution in [0.1, 0.15) is 32.8 Å². The Hall–Kier alpha value is -2.21. The second kappa shape index (κ2) is 5.05. The molecular formula is C14H11NO4S. The van der Waals surface area contributed by atoms with Crippen molar-refractivity contribution in [1.82, 2.24) is 4.98 Å². The summed E-state index contributed by atoms with van der Waals surface area (Å²) < 4.78 is 10.4. The molecule has 102 valence electrons. The quantitative estimate of drug-likeness (QED) is 0.639. The summed E-state index contributed by atoms with van der Waals surface area (Å²) in [5.41, 5.74) is 1.10. The maximum atomic E-state index is 12.2. The average Bonchev–Trinajstić information content (AvgIpc) is 3.13. The zero-order valence-corrected chi connectivity index (χ0v) is 11.5. The van der Waals surface area contributed by atoms with Gasteiger partial charge < -0.3 is 9.47 Å². The van der Waals surface area contributed by atoms with Crippen molar-refractivity contribution in [3.8, 4) is 11.5 Å². The van der Waals surface area contributed by atoms with Gasteiger partial charge in [-0.25, -0.2) is 4.98 Å². The molecule has 0 N–H and O–H groups in total. The highest BCUT2D eigenvalue weighted by Crippen LogP contribution is 2.32. The first-order valence-corrected chi connectivity index (χ1v) is 7.00. The van der Waals surface area contributed by atoms with Crippen LogP contribution in [0.4, 0.5) is 0 Å². The van der Waals surface area contributed by atoms with Crippen LogP contribution in [0.2, 0.25) is 0 Å². The number of hydrogen-bond donors (Lipinski definition) is 0. The lowest BCUT2D eigenvalue weighted by Gasteiger charge is -2.00. The summed E-state index contributed by atoms with van der Waals surface area (Å²) >= 11 is 1.19. The third kappa shape index (κ3) is 2.18. The Labute approximate surface area is 119 Å². The van der Waals surface area contributed by atoms with Gasteiger partial charge in [-0.15, -0.1) is 11.3 Å². The summed E-state index contributed by atoms with van der Waals surface area (Å²) in [4.78, 5) is 28.4. The van der Waals surface area contributed by atoms with Crippen LogP contribution in [0.3, 0.4) is 0 Å². The van der Waals surface area contributed by atoms with Gasteiger partial charge in [-0.2, -0.15) is 0 Å². The zero-order chi connectivity index (χ0) is 14.1. The van der Waals surface area contributed by atoms with E-state index < -0.39 is 11.6 Å². The Morgan fingerprint density at radius 3 is 2.80 bits per heavy atom. The molecule has 0 saturated heterocycles. The molecule has 3 rings (SSSR count). The van der Waals surface area contributed by atoms with Gasteiger partial charge in [0.1, 0.15) is 0 Å². The number of Topliss-reactive ketones (excluding diaryl/α,β-unsaturated/α-hetero) is 2. The van der Waals surface area contributed by atoms with Crippen molar-refractivity contribution >= 4 is 22.9 Å². The number of ether oxygens (including phenoxy) is 2. The van der Waals surface area contributed by atoms with Crippen LogP contribution >= 0.6 is 11.3 Å². The minimum atomic E-state index is -0.589.